The highest BCUT2D eigenvalue weighted by molar-refractivity contribution is 6.30. The van der Waals surface area contributed by atoms with E-state index in [1.807, 2.05) is 24.3 Å². The Morgan fingerprint density at radius 3 is 2.38 bits per heavy atom. The van der Waals surface area contributed by atoms with Crippen LogP contribution < -0.4 is 5.32 Å². The summed E-state index contributed by atoms with van der Waals surface area (Å²) >= 11 is 12.1. The SMILES string of the molecule is CNc1ncc(Cl)nc1C(=O)N(CCc1ccc(Cl)cc1)Cc1ccc(C2CCC2)cc1. The number of aromatic nitrogens is 2. The average molecular weight is 469 g/mol. The topological polar surface area (TPSA) is 58.1 Å². The largest absolute Gasteiger partial charge is 0.371 e. The molecular formula is C25H26Cl2N4O. The molecule has 4 rings (SSSR count). The van der Waals surface area contributed by atoms with E-state index in [4.69, 9.17) is 23.2 Å². The van der Waals surface area contributed by atoms with Crippen LogP contribution in [0.5, 0.6) is 0 Å². The van der Waals surface area contributed by atoms with Crippen LogP contribution in [0.25, 0.3) is 0 Å². The number of benzene rings is 2. The van der Waals surface area contributed by atoms with E-state index in [-0.39, 0.29) is 16.8 Å². The Kier molecular flexibility index (Phi) is 7.28. The minimum absolute atomic E-state index is 0.190. The van der Waals surface area contributed by atoms with Gasteiger partial charge < -0.3 is 10.2 Å². The van der Waals surface area contributed by atoms with Gasteiger partial charge in [-0.15, -0.1) is 0 Å². The lowest BCUT2D eigenvalue weighted by Gasteiger charge is -2.26. The zero-order valence-corrected chi connectivity index (χ0v) is 19.5. The predicted octanol–water partition coefficient (Wildman–Crippen LogP) is 5.98. The molecule has 2 aromatic carbocycles. The first kappa shape index (κ1) is 22.6. The minimum atomic E-state index is -0.207. The van der Waals surface area contributed by atoms with E-state index < -0.39 is 0 Å². The average Bonchev–Trinajstić information content (AvgIpc) is 2.77. The molecule has 0 unspecified atom stereocenters. The number of halogens is 2. The van der Waals surface area contributed by atoms with Crippen LogP contribution in [-0.2, 0) is 13.0 Å². The lowest BCUT2D eigenvalue weighted by molar-refractivity contribution is 0.0740. The molecule has 3 aromatic rings. The number of nitrogens with one attached hydrogen (secondary N) is 1. The fourth-order valence-electron chi connectivity index (χ4n) is 3.87. The summed E-state index contributed by atoms with van der Waals surface area (Å²) in [5.74, 6) is 0.893. The highest BCUT2D eigenvalue weighted by atomic mass is 35.5. The van der Waals surface area contributed by atoms with Crippen molar-refractivity contribution in [1.29, 1.82) is 0 Å². The molecule has 0 spiro atoms. The van der Waals surface area contributed by atoms with Crippen molar-refractivity contribution < 1.29 is 4.79 Å². The van der Waals surface area contributed by atoms with Gasteiger partial charge in [0.05, 0.1) is 6.20 Å². The van der Waals surface area contributed by atoms with Gasteiger partial charge in [0.1, 0.15) is 5.15 Å². The molecule has 1 N–H and O–H groups in total. The Morgan fingerprint density at radius 2 is 1.75 bits per heavy atom. The summed E-state index contributed by atoms with van der Waals surface area (Å²) in [4.78, 5) is 23.8. The summed E-state index contributed by atoms with van der Waals surface area (Å²) in [5, 5.41) is 3.83. The third kappa shape index (κ3) is 5.40. The number of hydrogen-bond donors (Lipinski definition) is 1. The number of amides is 1. The molecule has 1 aliphatic rings. The van der Waals surface area contributed by atoms with E-state index in [0.29, 0.717) is 36.3 Å². The maximum absolute atomic E-state index is 13.5. The van der Waals surface area contributed by atoms with Gasteiger partial charge in [-0.2, -0.15) is 0 Å². The maximum atomic E-state index is 13.5. The summed E-state index contributed by atoms with van der Waals surface area (Å²) in [7, 11) is 1.71. The van der Waals surface area contributed by atoms with Crippen LogP contribution in [0.3, 0.4) is 0 Å². The highest BCUT2D eigenvalue weighted by Gasteiger charge is 2.23. The van der Waals surface area contributed by atoms with Crippen LogP contribution in [0.15, 0.2) is 54.7 Å². The summed E-state index contributed by atoms with van der Waals surface area (Å²) < 4.78 is 0. The first-order chi connectivity index (χ1) is 15.5. The summed E-state index contributed by atoms with van der Waals surface area (Å²) in [6.07, 6.45) is 5.98. The lowest BCUT2D eigenvalue weighted by Crippen LogP contribution is -2.34. The maximum Gasteiger partial charge on any atom is 0.276 e. The van der Waals surface area contributed by atoms with E-state index >= 15 is 0 Å². The molecule has 32 heavy (non-hydrogen) atoms. The third-order valence-electron chi connectivity index (χ3n) is 5.98. The van der Waals surface area contributed by atoms with Gasteiger partial charge in [-0.05, 0) is 54.0 Å². The fourth-order valence-corrected chi connectivity index (χ4v) is 4.13. The van der Waals surface area contributed by atoms with Crippen molar-refractivity contribution in [2.75, 3.05) is 18.9 Å². The van der Waals surface area contributed by atoms with Crippen molar-refractivity contribution in [2.45, 2.75) is 38.1 Å². The minimum Gasteiger partial charge on any atom is -0.371 e. The van der Waals surface area contributed by atoms with Gasteiger partial charge in [-0.3, -0.25) is 4.79 Å². The van der Waals surface area contributed by atoms with Crippen LogP contribution >= 0.6 is 23.2 Å². The molecule has 1 fully saturated rings. The molecule has 7 heteroatoms. The van der Waals surface area contributed by atoms with Crippen molar-refractivity contribution in [1.82, 2.24) is 14.9 Å². The van der Waals surface area contributed by atoms with Gasteiger partial charge in [0.25, 0.3) is 5.91 Å². The molecule has 0 bridgehead atoms. The molecule has 0 saturated heterocycles. The zero-order valence-electron chi connectivity index (χ0n) is 18.0. The Labute approximate surface area is 198 Å². The van der Waals surface area contributed by atoms with Crippen molar-refractivity contribution in [2.24, 2.45) is 0 Å². The van der Waals surface area contributed by atoms with Gasteiger partial charge >= 0.3 is 0 Å². The predicted molar refractivity (Wildman–Crippen MR) is 130 cm³/mol. The smallest absolute Gasteiger partial charge is 0.276 e. The summed E-state index contributed by atoms with van der Waals surface area (Å²) in [6.45, 7) is 1.01. The fraction of sp³-hybridized carbons (Fsp3) is 0.320. The zero-order chi connectivity index (χ0) is 22.5. The van der Waals surface area contributed by atoms with Crippen LogP contribution in [-0.4, -0.2) is 34.4 Å². The monoisotopic (exact) mass is 468 g/mol. The lowest BCUT2D eigenvalue weighted by atomic mass is 9.80. The number of anilines is 1. The van der Waals surface area contributed by atoms with Crippen LogP contribution in [0.1, 0.15) is 52.4 Å². The summed E-state index contributed by atoms with van der Waals surface area (Å²) in [6, 6.07) is 16.3. The first-order valence-corrected chi connectivity index (χ1v) is 11.6. The van der Waals surface area contributed by atoms with Gasteiger partial charge in [0, 0.05) is 25.2 Å². The van der Waals surface area contributed by atoms with Crippen molar-refractivity contribution in [3.63, 3.8) is 0 Å². The quantitative estimate of drug-likeness (QED) is 0.441. The number of rotatable bonds is 8. The molecule has 1 aromatic heterocycles. The molecule has 1 heterocycles. The molecule has 1 saturated carbocycles. The van der Waals surface area contributed by atoms with Gasteiger partial charge in [0.15, 0.2) is 11.5 Å². The molecule has 1 aliphatic carbocycles. The molecule has 0 radical (unpaired) electrons. The number of nitrogens with zero attached hydrogens (tertiary/aromatic N) is 3. The number of hydrogen-bond acceptors (Lipinski definition) is 4. The second-order valence-corrected chi connectivity index (χ2v) is 8.94. The molecule has 0 atom stereocenters. The Bertz CT molecular complexity index is 1070. The molecule has 5 nitrogen and oxygen atoms in total. The first-order valence-electron chi connectivity index (χ1n) is 10.9. The Morgan fingerprint density at radius 1 is 1.06 bits per heavy atom. The summed E-state index contributed by atoms with van der Waals surface area (Å²) in [5.41, 5.74) is 3.80. The second kappa shape index (κ2) is 10.3. The molecule has 166 valence electrons. The number of carbonyl (C=O) groups is 1. The van der Waals surface area contributed by atoms with Crippen LogP contribution in [0, 0.1) is 0 Å². The van der Waals surface area contributed by atoms with Crippen LogP contribution in [0.2, 0.25) is 10.2 Å². The number of carbonyl (C=O) groups excluding carboxylic acids is 1. The standard InChI is InChI=1S/C25H26Cl2N4O/c1-28-24-23(30-22(27)15-29-24)25(32)31(14-13-17-7-11-21(26)12-8-17)16-18-5-9-20(10-6-18)19-3-2-4-19/h5-12,15,19H,2-4,13-14,16H2,1H3,(H,28,29). The van der Waals surface area contributed by atoms with Crippen molar-refractivity contribution >= 4 is 34.9 Å². The highest BCUT2D eigenvalue weighted by Crippen LogP contribution is 2.36. The van der Waals surface area contributed by atoms with Gasteiger partial charge in [0.2, 0.25) is 0 Å². The third-order valence-corrected chi connectivity index (χ3v) is 6.42. The Balaban J connectivity index is 1.56. The van der Waals surface area contributed by atoms with Gasteiger partial charge in [-0.25, -0.2) is 9.97 Å². The molecule has 1 amide bonds. The van der Waals surface area contributed by atoms with Crippen molar-refractivity contribution in [3.05, 3.63) is 87.3 Å². The second-order valence-electron chi connectivity index (χ2n) is 8.11. The van der Waals surface area contributed by atoms with E-state index in [9.17, 15) is 4.79 Å². The normalized spacial score (nSPS) is 13.5. The van der Waals surface area contributed by atoms with E-state index in [0.717, 1.165) is 11.1 Å². The van der Waals surface area contributed by atoms with E-state index in [1.54, 1.807) is 11.9 Å². The van der Waals surface area contributed by atoms with E-state index in [1.165, 1.54) is 31.0 Å². The van der Waals surface area contributed by atoms with Crippen LogP contribution in [0.4, 0.5) is 5.82 Å². The molecule has 0 aliphatic heterocycles. The van der Waals surface area contributed by atoms with Crippen molar-refractivity contribution in [3.8, 4) is 0 Å². The van der Waals surface area contributed by atoms with E-state index in [2.05, 4.69) is 39.6 Å². The van der Waals surface area contributed by atoms with Gasteiger partial charge in [-0.1, -0.05) is 66.0 Å². The Hall–Kier alpha value is -2.63. The molecular weight excluding hydrogens is 443 g/mol.